The van der Waals surface area contributed by atoms with Crippen molar-refractivity contribution in [2.75, 3.05) is 19.5 Å². The molecule has 2 aromatic carbocycles. The molecule has 0 saturated carbocycles. The van der Waals surface area contributed by atoms with Crippen LogP contribution in [0.5, 0.6) is 0 Å². The molecule has 0 spiro atoms. The van der Waals surface area contributed by atoms with Gasteiger partial charge in [0.25, 0.3) is 0 Å². The van der Waals surface area contributed by atoms with Crippen LogP contribution in [0.1, 0.15) is 88.3 Å². The van der Waals surface area contributed by atoms with E-state index in [1.165, 1.54) is 54.7 Å². The Kier molecular flexibility index (Phi) is 18.3. The molecule has 1 fully saturated rings. The summed E-state index contributed by atoms with van der Waals surface area (Å²) in [5, 5.41) is 32.4. The molecule has 0 aromatic heterocycles. The van der Waals surface area contributed by atoms with Crippen LogP contribution >= 0.6 is 11.6 Å². The van der Waals surface area contributed by atoms with Crippen LogP contribution in [0.25, 0.3) is 0 Å². The largest absolute Gasteiger partial charge is 0.472 e. The molecule has 45 heavy (non-hydrogen) atoms. The summed E-state index contributed by atoms with van der Waals surface area (Å²) >= 11 is 6.06. The Morgan fingerprint density at radius 2 is 1.49 bits per heavy atom. The maximum absolute atomic E-state index is 12.3. The standard InChI is InChI=1S/C15H21BClN3O4.C9H9NO2.C9H20/c17-12-5-2-1-4-11(12)8-18-9-14(21)20-7-3-6-13(20)15(22)19-10-16(23)24;11-9(12)10-5-7-3-1-2-4-8(7)6-10;1-3-5-7-9-8-6-4-2/h1-2,4-5,13,18,23-24H,3,6-10H2,(H,19,22);1-4H,5-6H2,(H,11,12);3-9H2,1-2H3. The fraction of sp³-hybridized carbons (Fsp3) is 0.545. The van der Waals surface area contributed by atoms with Crippen LogP contribution in [-0.4, -0.2) is 75.6 Å². The molecule has 2 aromatic rings. The highest BCUT2D eigenvalue weighted by Crippen LogP contribution is 2.22. The van der Waals surface area contributed by atoms with Crippen molar-refractivity contribution in [2.24, 2.45) is 0 Å². The number of likely N-dealkylation sites (tertiary alicyclic amines) is 1. The van der Waals surface area contributed by atoms with Gasteiger partial charge in [0.05, 0.1) is 13.0 Å². The predicted molar refractivity (Wildman–Crippen MR) is 178 cm³/mol. The monoisotopic (exact) mass is 644 g/mol. The van der Waals surface area contributed by atoms with Gasteiger partial charge in [-0.15, -0.1) is 0 Å². The Balaban J connectivity index is 0.000000277. The number of hydrogen-bond acceptors (Lipinski definition) is 6. The lowest BCUT2D eigenvalue weighted by Gasteiger charge is -2.24. The second-order valence-electron chi connectivity index (χ2n) is 11.3. The highest BCUT2D eigenvalue weighted by Gasteiger charge is 2.34. The summed E-state index contributed by atoms with van der Waals surface area (Å²) in [6, 6.07) is 14.6. The molecule has 0 radical (unpaired) electrons. The number of rotatable bonds is 13. The molecule has 3 amide bonds. The molecule has 1 unspecified atom stereocenters. The van der Waals surface area contributed by atoms with Gasteiger partial charge in [-0.2, -0.15) is 0 Å². The van der Waals surface area contributed by atoms with Gasteiger partial charge in [0.1, 0.15) is 6.04 Å². The van der Waals surface area contributed by atoms with Gasteiger partial charge in [-0.05, 0) is 35.6 Å². The van der Waals surface area contributed by atoms with E-state index in [0.717, 1.165) is 23.1 Å². The molecule has 2 aliphatic rings. The molecule has 2 heterocycles. The van der Waals surface area contributed by atoms with Crippen LogP contribution < -0.4 is 10.6 Å². The highest BCUT2D eigenvalue weighted by atomic mass is 35.5. The second kappa shape index (κ2) is 21.6. The number of benzene rings is 2. The number of carboxylic acid groups (broad SMARTS) is 1. The molecular weight excluding hydrogens is 595 g/mol. The van der Waals surface area contributed by atoms with Crippen LogP contribution in [0.15, 0.2) is 48.5 Å². The minimum absolute atomic E-state index is 0.109. The van der Waals surface area contributed by atoms with Gasteiger partial charge in [0.15, 0.2) is 0 Å². The van der Waals surface area contributed by atoms with Crippen molar-refractivity contribution in [3.8, 4) is 0 Å². The van der Waals surface area contributed by atoms with Crippen molar-refractivity contribution < 1.29 is 29.5 Å². The van der Waals surface area contributed by atoms with Crippen molar-refractivity contribution in [1.29, 1.82) is 0 Å². The Hall–Kier alpha value is -3.12. The van der Waals surface area contributed by atoms with E-state index < -0.39 is 19.3 Å². The summed E-state index contributed by atoms with van der Waals surface area (Å²) in [6.07, 6.45) is 10.2. The van der Waals surface area contributed by atoms with Gasteiger partial charge >= 0.3 is 13.2 Å². The van der Waals surface area contributed by atoms with Gasteiger partial charge < -0.3 is 30.7 Å². The van der Waals surface area contributed by atoms with Gasteiger partial charge in [0.2, 0.25) is 11.8 Å². The number of hydrogen-bond donors (Lipinski definition) is 5. The summed E-state index contributed by atoms with van der Waals surface area (Å²) < 4.78 is 0. The average molecular weight is 645 g/mol. The third kappa shape index (κ3) is 14.2. The van der Waals surface area contributed by atoms with E-state index in [2.05, 4.69) is 24.5 Å². The van der Waals surface area contributed by atoms with Crippen molar-refractivity contribution in [3.05, 3.63) is 70.2 Å². The Morgan fingerprint density at radius 3 is 2.04 bits per heavy atom. The number of unbranched alkanes of at least 4 members (excludes halogenated alkanes) is 6. The van der Waals surface area contributed by atoms with E-state index in [0.29, 0.717) is 37.6 Å². The van der Waals surface area contributed by atoms with Crippen molar-refractivity contribution in [2.45, 2.75) is 97.3 Å². The fourth-order valence-electron chi connectivity index (χ4n) is 5.19. The summed E-state index contributed by atoms with van der Waals surface area (Å²) in [6.45, 7) is 6.69. The number of carbonyl (C=O) groups excluding carboxylic acids is 2. The van der Waals surface area contributed by atoms with E-state index in [4.69, 9.17) is 26.8 Å². The molecule has 1 saturated heterocycles. The molecule has 248 valence electrons. The number of nitrogens with one attached hydrogen (secondary N) is 2. The van der Waals surface area contributed by atoms with Gasteiger partial charge in [-0.3, -0.25) is 14.5 Å². The highest BCUT2D eigenvalue weighted by molar-refractivity contribution is 6.41. The number of nitrogens with zero attached hydrogens (tertiary/aromatic N) is 2. The second-order valence-corrected chi connectivity index (χ2v) is 11.7. The molecular formula is C33H50BClN4O6. The van der Waals surface area contributed by atoms with Crippen LogP contribution in [0, 0.1) is 0 Å². The summed E-state index contributed by atoms with van der Waals surface area (Å²) in [4.78, 5) is 37.9. The zero-order chi connectivity index (χ0) is 33.0. The molecule has 4 rings (SSSR count). The first-order valence-corrected chi connectivity index (χ1v) is 16.5. The van der Waals surface area contributed by atoms with Crippen LogP contribution in [-0.2, 0) is 29.2 Å². The molecule has 2 aliphatic heterocycles. The molecule has 0 aliphatic carbocycles. The normalized spacial score (nSPS) is 14.9. The van der Waals surface area contributed by atoms with Crippen molar-refractivity contribution in [3.63, 3.8) is 0 Å². The Morgan fingerprint density at radius 1 is 0.911 bits per heavy atom. The summed E-state index contributed by atoms with van der Waals surface area (Å²) in [7, 11) is -1.60. The Labute approximate surface area is 273 Å². The van der Waals surface area contributed by atoms with Gasteiger partial charge in [-0.1, -0.05) is 113 Å². The third-order valence-electron chi connectivity index (χ3n) is 7.70. The van der Waals surface area contributed by atoms with Crippen LogP contribution in [0.4, 0.5) is 4.79 Å². The van der Waals surface area contributed by atoms with E-state index in [1.807, 2.05) is 42.5 Å². The SMILES string of the molecule is CCCCCCCCC.O=C(NCB(O)O)C1CCCN1C(=O)CNCc1ccccc1Cl.O=C(O)N1Cc2ccccc2C1. The first kappa shape index (κ1) is 38.1. The molecule has 1 atom stereocenters. The molecule has 5 N–H and O–H groups in total. The maximum atomic E-state index is 12.3. The van der Waals surface area contributed by atoms with Gasteiger partial charge in [0, 0.05) is 31.2 Å². The van der Waals surface area contributed by atoms with E-state index >= 15 is 0 Å². The predicted octanol–water partition coefficient (Wildman–Crippen LogP) is 4.99. The zero-order valence-electron chi connectivity index (χ0n) is 26.7. The minimum atomic E-state index is -1.60. The maximum Gasteiger partial charge on any atom is 0.472 e. The molecule has 12 heteroatoms. The van der Waals surface area contributed by atoms with E-state index in [9.17, 15) is 14.4 Å². The smallest absolute Gasteiger partial charge is 0.465 e. The molecule has 0 bridgehead atoms. The molecule has 10 nitrogen and oxygen atoms in total. The van der Waals surface area contributed by atoms with E-state index in [1.54, 1.807) is 6.07 Å². The number of amides is 3. The van der Waals surface area contributed by atoms with Gasteiger partial charge in [-0.25, -0.2) is 4.79 Å². The van der Waals surface area contributed by atoms with Crippen LogP contribution in [0.2, 0.25) is 5.02 Å². The third-order valence-corrected chi connectivity index (χ3v) is 8.07. The lowest BCUT2D eigenvalue weighted by atomic mass is 9.92. The Bertz CT molecular complexity index is 1160. The fourth-order valence-corrected chi connectivity index (χ4v) is 5.40. The number of fused-ring (bicyclic) bond motifs is 1. The van der Waals surface area contributed by atoms with E-state index in [-0.39, 0.29) is 24.8 Å². The summed E-state index contributed by atoms with van der Waals surface area (Å²) in [5.74, 6) is -0.524. The van der Waals surface area contributed by atoms with Crippen molar-refractivity contribution >= 4 is 36.6 Å². The number of carbonyl (C=O) groups is 3. The van der Waals surface area contributed by atoms with Crippen molar-refractivity contribution in [1.82, 2.24) is 20.4 Å². The van der Waals surface area contributed by atoms with Crippen LogP contribution in [0.3, 0.4) is 0 Å². The zero-order valence-corrected chi connectivity index (χ0v) is 27.5. The lowest BCUT2D eigenvalue weighted by Crippen LogP contribution is -2.50. The minimum Gasteiger partial charge on any atom is -0.465 e. The first-order chi connectivity index (χ1) is 21.7. The number of halogens is 1. The first-order valence-electron chi connectivity index (χ1n) is 16.1. The quantitative estimate of drug-likeness (QED) is 0.153. The average Bonchev–Trinajstić information content (AvgIpc) is 3.70. The topological polar surface area (TPSA) is 142 Å². The lowest BCUT2D eigenvalue weighted by molar-refractivity contribution is -0.137. The summed E-state index contributed by atoms with van der Waals surface area (Å²) in [5.41, 5.74) is 3.15.